The van der Waals surface area contributed by atoms with Gasteiger partial charge in [-0.05, 0) is 46.3 Å². The molecule has 8 heteroatoms. The number of anilines is 1. The van der Waals surface area contributed by atoms with E-state index in [1.165, 1.54) is 0 Å². The van der Waals surface area contributed by atoms with Gasteiger partial charge in [0, 0.05) is 10.0 Å². The first-order chi connectivity index (χ1) is 10.1. The Bertz CT molecular complexity index is 797. The highest BCUT2D eigenvalue weighted by Crippen LogP contribution is 2.25. The minimum absolute atomic E-state index is 0.00231. The molecule has 21 heavy (non-hydrogen) atoms. The van der Waals surface area contributed by atoms with Crippen LogP contribution in [0.4, 0.5) is 6.01 Å². The number of nitrogens with one attached hydrogen (secondary N) is 1. The van der Waals surface area contributed by atoms with Crippen molar-refractivity contribution in [3.8, 4) is 11.7 Å². The Labute approximate surface area is 135 Å². The predicted molar refractivity (Wildman–Crippen MR) is 81.8 cm³/mol. The Balaban J connectivity index is 1.77. The molecule has 3 aromatic rings. The number of hydrogen-bond donors (Lipinski definition) is 1. The van der Waals surface area contributed by atoms with Gasteiger partial charge in [-0.1, -0.05) is 27.1 Å². The number of halogens is 2. The molecule has 0 spiro atoms. The Morgan fingerprint density at radius 3 is 2.67 bits per heavy atom. The van der Waals surface area contributed by atoms with Crippen LogP contribution in [0.3, 0.4) is 0 Å². The minimum atomic E-state index is -0.341. The second-order valence-electron chi connectivity index (χ2n) is 3.98. The predicted octanol–water partition coefficient (Wildman–Crippen LogP) is 4.11. The minimum Gasteiger partial charge on any atom is -0.444 e. The summed E-state index contributed by atoms with van der Waals surface area (Å²) in [5, 5.41) is 10.1. The number of carbonyl (C=O) groups excluding carboxylic acids is 1. The van der Waals surface area contributed by atoms with Gasteiger partial charge in [-0.25, -0.2) is 0 Å². The molecule has 0 fully saturated rings. The fourth-order valence-corrected chi connectivity index (χ4v) is 2.31. The maximum atomic E-state index is 12.0. The maximum Gasteiger partial charge on any atom is 0.322 e. The molecule has 2 heterocycles. The summed E-state index contributed by atoms with van der Waals surface area (Å²) in [5.41, 5.74) is 0.477. The summed E-state index contributed by atoms with van der Waals surface area (Å²) in [7, 11) is 0. The molecule has 6 nitrogen and oxygen atoms in total. The molecule has 1 N–H and O–H groups in total. The van der Waals surface area contributed by atoms with Crippen LogP contribution < -0.4 is 5.32 Å². The van der Waals surface area contributed by atoms with E-state index in [0.717, 1.165) is 4.47 Å². The fourth-order valence-electron chi connectivity index (χ4n) is 1.60. The molecule has 0 saturated heterocycles. The standard InChI is InChI=1S/C13H7Br2N3O3/c14-8-3-1-2-7(6-8)11(19)16-13-18-17-12(21-13)9-4-5-10(15)20-9/h1-6H,(H,16,18,19). The molecule has 0 saturated carbocycles. The summed E-state index contributed by atoms with van der Waals surface area (Å²) in [6.45, 7) is 0. The Morgan fingerprint density at radius 2 is 1.95 bits per heavy atom. The number of rotatable bonds is 3. The van der Waals surface area contributed by atoms with Crippen LogP contribution in [-0.2, 0) is 0 Å². The van der Waals surface area contributed by atoms with Crippen molar-refractivity contribution in [2.45, 2.75) is 0 Å². The summed E-state index contributed by atoms with van der Waals surface area (Å²) in [4.78, 5) is 12.0. The molecule has 0 atom stereocenters. The summed E-state index contributed by atoms with van der Waals surface area (Å²) >= 11 is 6.49. The van der Waals surface area contributed by atoms with E-state index in [1.807, 2.05) is 6.07 Å². The lowest BCUT2D eigenvalue weighted by molar-refractivity contribution is 0.102. The van der Waals surface area contributed by atoms with Gasteiger partial charge in [0.2, 0.25) is 0 Å². The largest absolute Gasteiger partial charge is 0.444 e. The third kappa shape index (κ3) is 3.22. The smallest absolute Gasteiger partial charge is 0.322 e. The summed E-state index contributed by atoms with van der Waals surface area (Å²) in [6.07, 6.45) is 0. The molecule has 2 aromatic heterocycles. The third-order valence-electron chi connectivity index (χ3n) is 2.52. The fraction of sp³-hybridized carbons (Fsp3) is 0. The highest BCUT2D eigenvalue weighted by molar-refractivity contribution is 9.10. The maximum absolute atomic E-state index is 12.0. The average molecular weight is 413 g/mol. The van der Waals surface area contributed by atoms with Gasteiger partial charge in [0.05, 0.1) is 0 Å². The molecule has 0 bridgehead atoms. The van der Waals surface area contributed by atoms with Crippen LogP contribution in [0, 0.1) is 0 Å². The first-order valence-electron chi connectivity index (χ1n) is 5.78. The van der Waals surface area contributed by atoms with Crippen LogP contribution in [-0.4, -0.2) is 16.1 Å². The number of amides is 1. The van der Waals surface area contributed by atoms with Gasteiger partial charge in [-0.15, -0.1) is 5.10 Å². The Morgan fingerprint density at radius 1 is 1.10 bits per heavy atom. The van der Waals surface area contributed by atoms with E-state index in [0.29, 0.717) is 16.0 Å². The number of carbonyl (C=O) groups is 1. The molecule has 1 aromatic carbocycles. The van der Waals surface area contributed by atoms with Crippen LogP contribution in [0.2, 0.25) is 0 Å². The zero-order valence-corrected chi connectivity index (χ0v) is 13.5. The number of aromatic nitrogens is 2. The van der Waals surface area contributed by atoms with Crippen molar-refractivity contribution in [3.63, 3.8) is 0 Å². The zero-order chi connectivity index (χ0) is 14.8. The molecular formula is C13H7Br2N3O3. The summed E-state index contributed by atoms with van der Waals surface area (Å²) < 4.78 is 12.0. The van der Waals surface area contributed by atoms with E-state index in [4.69, 9.17) is 8.83 Å². The highest BCUT2D eigenvalue weighted by atomic mass is 79.9. The van der Waals surface area contributed by atoms with Crippen molar-refractivity contribution in [2.24, 2.45) is 0 Å². The average Bonchev–Trinajstić information content (AvgIpc) is 3.07. The Kier molecular flexibility index (Phi) is 3.89. The molecule has 3 rings (SSSR count). The third-order valence-corrected chi connectivity index (χ3v) is 3.44. The zero-order valence-electron chi connectivity index (χ0n) is 10.3. The van der Waals surface area contributed by atoms with Crippen molar-refractivity contribution in [1.82, 2.24) is 10.2 Å². The molecule has 106 valence electrons. The van der Waals surface area contributed by atoms with Gasteiger partial charge in [0.25, 0.3) is 11.8 Å². The molecule has 0 radical (unpaired) electrons. The molecule has 0 aliphatic rings. The monoisotopic (exact) mass is 411 g/mol. The first kappa shape index (κ1) is 14.0. The first-order valence-corrected chi connectivity index (χ1v) is 7.36. The van der Waals surface area contributed by atoms with Crippen molar-refractivity contribution in [1.29, 1.82) is 0 Å². The van der Waals surface area contributed by atoms with Crippen molar-refractivity contribution in [3.05, 3.63) is 51.1 Å². The molecule has 0 aliphatic carbocycles. The second-order valence-corrected chi connectivity index (χ2v) is 5.68. The van der Waals surface area contributed by atoms with Crippen LogP contribution in [0.25, 0.3) is 11.7 Å². The van der Waals surface area contributed by atoms with Crippen LogP contribution in [0.15, 0.2) is 54.4 Å². The van der Waals surface area contributed by atoms with Crippen LogP contribution in [0.5, 0.6) is 0 Å². The van der Waals surface area contributed by atoms with Gasteiger partial charge in [-0.2, -0.15) is 0 Å². The van der Waals surface area contributed by atoms with E-state index in [-0.39, 0.29) is 17.8 Å². The molecule has 1 amide bonds. The summed E-state index contributed by atoms with van der Waals surface area (Å²) in [6, 6.07) is 10.4. The number of nitrogens with zero attached hydrogens (tertiary/aromatic N) is 2. The summed E-state index contributed by atoms with van der Waals surface area (Å²) in [5.74, 6) is 0.259. The molecule has 0 aliphatic heterocycles. The number of furan rings is 1. The number of benzene rings is 1. The quantitative estimate of drug-likeness (QED) is 0.700. The van der Waals surface area contributed by atoms with E-state index in [1.54, 1.807) is 30.3 Å². The number of hydrogen-bond acceptors (Lipinski definition) is 5. The lowest BCUT2D eigenvalue weighted by Crippen LogP contribution is -2.11. The van der Waals surface area contributed by atoms with Crippen LogP contribution >= 0.6 is 31.9 Å². The van der Waals surface area contributed by atoms with Crippen molar-refractivity contribution < 1.29 is 13.6 Å². The normalized spacial score (nSPS) is 10.6. The van der Waals surface area contributed by atoms with E-state index in [2.05, 4.69) is 47.4 Å². The van der Waals surface area contributed by atoms with Gasteiger partial charge < -0.3 is 8.83 Å². The van der Waals surface area contributed by atoms with Gasteiger partial charge >= 0.3 is 6.01 Å². The highest BCUT2D eigenvalue weighted by Gasteiger charge is 2.15. The molecular weight excluding hydrogens is 406 g/mol. The van der Waals surface area contributed by atoms with E-state index < -0.39 is 0 Å². The second kappa shape index (κ2) is 5.82. The molecule has 0 unspecified atom stereocenters. The van der Waals surface area contributed by atoms with Crippen LogP contribution in [0.1, 0.15) is 10.4 Å². The lowest BCUT2D eigenvalue weighted by Gasteiger charge is -2.00. The van der Waals surface area contributed by atoms with E-state index >= 15 is 0 Å². The lowest BCUT2D eigenvalue weighted by atomic mass is 10.2. The van der Waals surface area contributed by atoms with Gasteiger partial charge in [0.1, 0.15) is 0 Å². The van der Waals surface area contributed by atoms with Gasteiger partial charge in [0.15, 0.2) is 10.4 Å². The van der Waals surface area contributed by atoms with Gasteiger partial charge in [-0.3, -0.25) is 10.1 Å². The van der Waals surface area contributed by atoms with E-state index in [9.17, 15) is 4.79 Å². The SMILES string of the molecule is O=C(Nc1nnc(-c2ccc(Br)o2)o1)c1cccc(Br)c1. The topological polar surface area (TPSA) is 81.2 Å². The Hall–Kier alpha value is -1.93. The van der Waals surface area contributed by atoms with Crippen molar-refractivity contribution >= 4 is 43.8 Å². The van der Waals surface area contributed by atoms with Crippen molar-refractivity contribution in [2.75, 3.05) is 5.32 Å².